The van der Waals surface area contributed by atoms with E-state index in [1.807, 2.05) is 56.3 Å². The number of amides is 1. The van der Waals surface area contributed by atoms with E-state index in [2.05, 4.69) is 4.99 Å². The highest BCUT2D eigenvalue weighted by Crippen LogP contribution is 2.20. The number of aliphatic imine (C=N–C) groups is 1. The summed E-state index contributed by atoms with van der Waals surface area (Å²) in [6.07, 6.45) is 1.83. The molecule has 0 bridgehead atoms. The van der Waals surface area contributed by atoms with Crippen molar-refractivity contribution in [3.05, 3.63) is 35.5 Å². The Labute approximate surface area is 125 Å². The van der Waals surface area contributed by atoms with Crippen LogP contribution in [0.4, 0.5) is 5.69 Å². The first-order valence-corrected chi connectivity index (χ1v) is 6.88. The number of methoxy groups -OCH3 is 1. The average molecular weight is 287 g/mol. The van der Waals surface area contributed by atoms with Crippen LogP contribution in [0.1, 0.15) is 12.5 Å². The lowest BCUT2D eigenvalue weighted by Gasteiger charge is -2.14. The largest absolute Gasteiger partial charge is 0.383 e. The molecular weight excluding hydrogens is 266 g/mol. The average Bonchev–Trinajstić information content (AvgIpc) is 2.72. The van der Waals surface area contributed by atoms with Crippen LogP contribution in [-0.4, -0.2) is 51.0 Å². The summed E-state index contributed by atoms with van der Waals surface area (Å²) in [6.45, 7) is 2.87. The third-order valence-corrected chi connectivity index (χ3v) is 3.35. The fourth-order valence-corrected chi connectivity index (χ4v) is 2.16. The number of carbonyl (C=O) groups is 1. The van der Waals surface area contributed by atoms with E-state index < -0.39 is 0 Å². The summed E-state index contributed by atoms with van der Waals surface area (Å²) in [4.78, 5) is 20.4. The molecule has 1 aromatic rings. The maximum Gasteiger partial charge on any atom is 0.277 e. The van der Waals surface area contributed by atoms with Gasteiger partial charge in [0.2, 0.25) is 0 Å². The lowest BCUT2D eigenvalue weighted by Crippen LogP contribution is -2.33. The van der Waals surface area contributed by atoms with Crippen LogP contribution in [0.2, 0.25) is 0 Å². The number of anilines is 1. The maximum atomic E-state index is 12.3. The van der Waals surface area contributed by atoms with Crippen molar-refractivity contribution in [2.75, 3.05) is 39.3 Å². The number of hydrogen-bond acceptors (Lipinski definition) is 4. The first-order chi connectivity index (χ1) is 10.0. The van der Waals surface area contributed by atoms with Crippen molar-refractivity contribution in [2.24, 2.45) is 4.99 Å². The highest BCUT2D eigenvalue weighted by Gasteiger charge is 2.26. The lowest BCUT2D eigenvalue weighted by atomic mass is 10.1. The second-order valence-corrected chi connectivity index (χ2v) is 5.13. The van der Waals surface area contributed by atoms with Crippen molar-refractivity contribution < 1.29 is 9.53 Å². The molecule has 1 heterocycles. The van der Waals surface area contributed by atoms with Crippen LogP contribution < -0.4 is 4.90 Å². The van der Waals surface area contributed by atoms with Crippen molar-refractivity contribution in [3.63, 3.8) is 0 Å². The van der Waals surface area contributed by atoms with Gasteiger partial charge < -0.3 is 9.64 Å². The molecule has 0 aliphatic carbocycles. The molecule has 1 aliphatic rings. The zero-order chi connectivity index (χ0) is 15.4. The van der Waals surface area contributed by atoms with Gasteiger partial charge in [0.25, 0.3) is 5.91 Å². The molecule has 112 valence electrons. The Balaban J connectivity index is 2.22. The minimum absolute atomic E-state index is 0.0696. The summed E-state index contributed by atoms with van der Waals surface area (Å²) in [5.41, 5.74) is 2.53. The van der Waals surface area contributed by atoms with Gasteiger partial charge in [-0.15, -0.1) is 0 Å². The topological polar surface area (TPSA) is 45.1 Å². The Kier molecular flexibility index (Phi) is 4.75. The van der Waals surface area contributed by atoms with Crippen molar-refractivity contribution in [2.45, 2.75) is 6.92 Å². The summed E-state index contributed by atoms with van der Waals surface area (Å²) in [6, 6.07) is 8.00. The Morgan fingerprint density at radius 1 is 1.38 bits per heavy atom. The number of nitrogens with zero attached hydrogens (tertiary/aromatic N) is 3. The molecule has 0 atom stereocenters. The zero-order valence-electron chi connectivity index (χ0n) is 13.0. The first kappa shape index (κ1) is 15.3. The van der Waals surface area contributed by atoms with E-state index >= 15 is 0 Å². The minimum Gasteiger partial charge on any atom is -0.383 e. The lowest BCUT2D eigenvalue weighted by molar-refractivity contribution is -0.123. The zero-order valence-corrected chi connectivity index (χ0v) is 13.0. The van der Waals surface area contributed by atoms with E-state index in [4.69, 9.17) is 4.74 Å². The second kappa shape index (κ2) is 6.54. The number of carbonyl (C=O) groups excluding carboxylic acids is 1. The van der Waals surface area contributed by atoms with Gasteiger partial charge >= 0.3 is 0 Å². The summed E-state index contributed by atoms with van der Waals surface area (Å²) in [5, 5.41) is 0. The molecule has 0 fully saturated rings. The van der Waals surface area contributed by atoms with Gasteiger partial charge in [-0.05, 0) is 30.7 Å². The van der Waals surface area contributed by atoms with Crippen molar-refractivity contribution in [3.8, 4) is 0 Å². The smallest absolute Gasteiger partial charge is 0.277 e. The number of ether oxygens (including phenoxy) is 1. The van der Waals surface area contributed by atoms with Gasteiger partial charge in [-0.3, -0.25) is 9.69 Å². The third-order valence-electron chi connectivity index (χ3n) is 3.35. The second-order valence-electron chi connectivity index (χ2n) is 5.13. The molecule has 0 spiro atoms. The standard InChI is InChI=1S/C16H21N3O2/c1-12-17-15(16(20)19(12)8-9-21-4)11-13-6-5-7-14(10-13)18(2)3/h5-7,10-11H,8-9H2,1-4H3/b15-11-. The van der Waals surface area contributed by atoms with Crippen LogP contribution in [0, 0.1) is 0 Å². The van der Waals surface area contributed by atoms with Crippen LogP contribution in [0.15, 0.2) is 35.0 Å². The minimum atomic E-state index is -0.0696. The molecule has 0 unspecified atom stereocenters. The first-order valence-electron chi connectivity index (χ1n) is 6.88. The van der Waals surface area contributed by atoms with Gasteiger partial charge in [-0.1, -0.05) is 12.1 Å². The molecular formula is C16H21N3O2. The molecule has 1 aliphatic heterocycles. The van der Waals surface area contributed by atoms with E-state index in [0.29, 0.717) is 24.7 Å². The number of rotatable bonds is 5. The summed E-state index contributed by atoms with van der Waals surface area (Å²) < 4.78 is 5.02. The van der Waals surface area contributed by atoms with E-state index in [0.717, 1.165) is 11.3 Å². The predicted octanol–water partition coefficient (Wildman–Crippen LogP) is 2.00. The molecule has 0 N–H and O–H groups in total. The number of amidine groups is 1. The van der Waals surface area contributed by atoms with Crippen LogP contribution in [0.3, 0.4) is 0 Å². The molecule has 0 aromatic heterocycles. The van der Waals surface area contributed by atoms with Crippen molar-refractivity contribution in [1.82, 2.24) is 4.90 Å². The van der Waals surface area contributed by atoms with E-state index in [1.54, 1.807) is 12.0 Å². The fourth-order valence-electron chi connectivity index (χ4n) is 2.16. The van der Waals surface area contributed by atoms with Crippen LogP contribution in [0.25, 0.3) is 6.08 Å². The molecule has 1 aromatic carbocycles. The Bertz CT molecular complexity index is 591. The third kappa shape index (κ3) is 3.49. The van der Waals surface area contributed by atoms with Gasteiger partial charge in [-0.2, -0.15) is 0 Å². The van der Waals surface area contributed by atoms with E-state index in [-0.39, 0.29) is 5.91 Å². The SMILES string of the molecule is COCCN1C(=O)/C(=C/c2cccc(N(C)C)c2)N=C1C. The Morgan fingerprint density at radius 3 is 2.81 bits per heavy atom. The van der Waals surface area contributed by atoms with Gasteiger partial charge in [0, 0.05) is 26.9 Å². The van der Waals surface area contributed by atoms with E-state index in [1.165, 1.54) is 0 Å². The monoisotopic (exact) mass is 287 g/mol. The van der Waals surface area contributed by atoms with Gasteiger partial charge in [0.05, 0.1) is 13.2 Å². The van der Waals surface area contributed by atoms with Gasteiger partial charge in [0.15, 0.2) is 0 Å². The van der Waals surface area contributed by atoms with Gasteiger partial charge in [-0.25, -0.2) is 4.99 Å². The summed E-state index contributed by atoms with van der Waals surface area (Å²) >= 11 is 0. The Hall–Kier alpha value is -2.14. The highest BCUT2D eigenvalue weighted by atomic mass is 16.5. The fraction of sp³-hybridized carbons (Fsp3) is 0.375. The molecule has 5 heteroatoms. The van der Waals surface area contributed by atoms with Crippen molar-refractivity contribution in [1.29, 1.82) is 0 Å². The molecule has 21 heavy (non-hydrogen) atoms. The normalized spacial score (nSPS) is 16.6. The summed E-state index contributed by atoms with van der Waals surface area (Å²) in [5.74, 6) is 0.645. The van der Waals surface area contributed by atoms with Crippen molar-refractivity contribution >= 4 is 23.5 Å². The molecule has 1 amide bonds. The molecule has 0 saturated heterocycles. The number of hydrogen-bond donors (Lipinski definition) is 0. The van der Waals surface area contributed by atoms with Crippen LogP contribution >= 0.6 is 0 Å². The van der Waals surface area contributed by atoms with Crippen LogP contribution in [-0.2, 0) is 9.53 Å². The number of benzene rings is 1. The highest BCUT2D eigenvalue weighted by molar-refractivity contribution is 6.13. The molecule has 0 radical (unpaired) electrons. The maximum absolute atomic E-state index is 12.3. The molecule has 2 rings (SSSR count). The Morgan fingerprint density at radius 2 is 2.14 bits per heavy atom. The van der Waals surface area contributed by atoms with E-state index in [9.17, 15) is 4.79 Å². The molecule has 0 saturated carbocycles. The predicted molar refractivity (Wildman–Crippen MR) is 85.4 cm³/mol. The van der Waals surface area contributed by atoms with Crippen LogP contribution in [0.5, 0.6) is 0 Å². The quantitative estimate of drug-likeness (QED) is 0.778. The molecule has 5 nitrogen and oxygen atoms in total. The van der Waals surface area contributed by atoms with Gasteiger partial charge in [0.1, 0.15) is 11.5 Å². The summed E-state index contributed by atoms with van der Waals surface area (Å²) in [7, 11) is 5.60.